The predicted molar refractivity (Wildman–Crippen MR) is 141 cm³/mol. The zero-order valence-electron chi connectivity index (χ0n) is 18.2. The molecule has 3 aromatic rings. The number of aliphatic imine (C=N–C) groups is 1. The maximum atomic E-state index is 12.5. The van der Waals surface area contributed by atoms with Crippen LogP contribution in [0.5, 0.6) is 11.5 Å². The van der Waals surface area contributed by atoms with Crippen LogP contribution in [0.1, 0.15) is 16.7 Å². The van der Waals surface area contributed by atoms with Crippen LogP contribution in [-0.2, 0) is 11.4 Å². The number of amidine groups is 1. The molecule has 1 fully saturated rings. The number of thioether (sulfide) groups is 1. The van der Waals surface area contributed by atoms with Gasteiger partial charge >= 0.3 is 0 Å². The van der Waals surface area contributed by atoms with Crippen molar-refractivity contribution in [2.45, 2.75) is 13.5 Å². The third-order valence-corrected chi connectivity index (χ3v) is 6.56. The maximum Gasteiger partial charge on any atom is 0.264 e. The van der Waals surface area contributed by atoms with Gasteiger partial charge in [-0.15, -0.1) is 0 Å². The molecule has 5 nitrogen and oxygen atoms in total. The zero-order valence-corrected chi connectivity index (χ0v) is 21.3. The average molecular weight is 534 g/mol. The number of aryl methyl sites for hydroxylation is 1. The van der Waals surface area contributed by atoms with Gasteiger partial charge < -0.3 is 14.8 Å². The molecule has 1 N–H and O–H groups in total. The standard InChI is InChI=1S/C25H19Cl3N2O3S/c1-14-9-18(27)7-8-20(14)29-25-30-24(31)22(34-25)12-16-10-19(28)23(21(11-16)32-2)33-13-15-3-5-17(26)6-4-15/h3-12H,13H2,1-2H3,(H,29,30,31)/b22-12-. The molecule has 1 aliphatic rings. The maximum absolute atomic E-state index is 12.5. The monoisotopic (exact) mass is 532 g/mol. The highest BCUT2D eigenvalue weighted by atomic mass is 35.5. The van der Waals surface area contributed by atoms with E-state index in [-0.39, 0.29) is 5.91 Å². The van der Waals surface area contributed by atoms with E-state index in [1.807, 2.05) is 31.2 Å². The molecule has 4 rings (SSSR count). The van der Waals surface area contributed by atoms with E-state index >= 15 is 0 Å². The van der Waals surface area contributed by atoms with Gasteiger partial charge in [0.2, 0.25) is 0 Å². The number of halogens is 3. The molecule has 0 radical (unpaired) electrons. The van der Waals surface area contributed by atoms with Gasteiger partial charge in [-0.1, -0.05) is 46.9 Å². The molecular weight excluding hydrogens is 515 g/mol. The minimum Gasteiger partial charge on any atom is -0.493 e. The van der Waals surface area contributed by atoms with Crippen molar-refractivity contribution >= 4 is 69.4 Å². The van der Waals surface area contributed by atoms with E-state index in [1.54, 1.807) is 36.4 Å². The Morgan fingerprint density at radius 3 is 2.47 bits per heavy atom. The molecule has 1 aliphatic heterocycles. The number of hydrogen-bond donors (Lipinski definition) is 1. The quantitative estimate of drug-likeness (QED) is 0.335. The van der Waals surface area contributed by atoms with Crippen molar-refractivity contribution in [2.75, 3.05) is 7.11 Å². The second kappa shape index (κ2) is 10.7. The molecule has 174 valence electrons. The third kappa shape index (κ3) is 5.88. The second-order valence-corrected chi connectivity index (χ2v) is 9.67. The number of carbonyl (C=O) groups is 1. The van der Waals surface area contributed by atoms with Gasteiger partial charge in [0.1, 0.15) is 6.61 Å². The Kier molecular flexibility index (Phi) is 7.73. The predicted octanol–water partition coefficient (Wildman–Crippen LogP) is 7.43. The Morgan fingerprint density at radius 1 is 1.03 bits per heavy atom. The number of hydrogen-bond acceptors (Lipinski definition) is 5. The van der Waals surface area contributed by atoms with Crippen LogP contribution in [0, 0.1) is 6.92 Å². The number of ether oxygens (including phenoxy) is 2. The van der Waals surface area contributed by atoms with Gasteiger partial charge in [0, 0.05) is 10.0 Å². The first-order valence-corrected chi connectivity index (χ1v) is 12.1. The fourth-order valence-electron chi connectivity index (χ4n) is 3.18. The van der Waals surface area contributed by atoms with Gasteiger partial charge in [0.15, 0.2) is 16.7 Å². The fraction of sp³-hybridized carbons (Fsp3) is 0.120. The summed E-state index contributed by atoms with van der Waals surface area (Å²) in [6.07, 6.45) is 1.73. The molecule has 9 heteroatoms. The molecule has 0 aromatic heterocycles. The number of nitrogens with one attached hydrogen (secondary N) is 1. The van der Waals surface area contributed by atoms with Crippen molar-refractivity contribution in [1.29, 1.82) is 0 Å². The summed E-state index contributed by atoms with van der Waals surface area (Å²) in [7, 11) is 1.54. The van der Waals surface area contributed by atoms with Crippen LogP contribution in [-0.4, -0.2) is 18.2 Å². The Bertz CT molecular complexity index is 1310. The highest BCUT2D eigenvalue weighted by Gasteiger charge is 2.24. The smallest absolute Gasteiger partial charge is 0.264 e. The first kappa shape index (κ1) is 24.5. The van der Waals surface area contributed by atoms with E-state index in [4.69, 9.17) is 44.3 Å². The summed E-state index contributed by atoms with van der Waals surface area (Å²) in [4.78, 5) is 17.5. The lowest BCUT2D eigenvalue weighted by Crippen LogP contribution is -2.19. The van der Waals surface area contributed by atoms with E-state index in [0.717, 1.165) is 16.8 Å². The molecule has 0 atom stereocenters. The molecule has 1 heterocycles. The van der Waals surface area contributed by atoms with Crippen LogP contribution >= 0.6 is 46.6 Å². The largest absolute Gasteiger partial charge is 0.493 e. The number of rotatable bonds is 6. The summed E-state index contributed by atoms with van der Waals surface area (Å²) >= 11 is 19.7. The third-order valence-electron chi connectivity index (χ3n) is 4.88. The van der Waals surface area contributed by atoms with E-state index in [9.17, 15) is 4.79 Å². The molecule has 3 aromatic carbocycles. The van der Waals surface area contributed by atoms with Crippen LogP contribution in [0.2, 0.25) is 15.1 Å². The SMILES string of the molecule is COc1cc(/C=C2\SC(=Nc3ccc(Cl)cc3C)NC2=O)cc(Cl)c1OCc1ccc(Cl)cc1. The Labute approximate surface area is 216 Å². The highest BCUT2D eigenvalue weighted by Crippen LogP contribution is 2.38. The van der Waals surface area contributed by atoms with Crippen molar-refractivity contribution in [3.05, 3.63) is 91.3 Å². The second-order valence-electron chi connectivity index (χ2n) is 7.36. The van der Waals surface area contributed by atoms with Gasteiger partial charge in [0.05, 0.1) is 22.7 Å². The van der Waals surface area contributed by atoms with Crippen LogP contribution in [0.25, 0.3) is 6.08 Å². The number of methoxy groups -OCH3 is 1. The molecule has 0 bridgehead atoms. The number of carbonyl (C=O) groups excluding carboxylic acids is 1. The fourth-order valence-corrected chi connectivity index (χ4v) is 4.65. The van der Waals surface area contributed by atoms with E-state index in [2.05, 4.69) is 10.3 Å². The van der Waals surface area contributed by atoms with Crippen molar-refractivity contribution in [1.82, 2.24) is 5.32 Å². The van der Waals surface area contributed by atoms with Crippen LogP contribution in [0.4, 0.5) is 5.69 Å². The van der Waals surface area contributed by atoms with Crippen LogP contribution in [0.15, 0.2) is 64.5 Å². The number of benzene rings is 3. The van der Waals surface area contributed by atoms with Crippen LogP contribution in [0.3, 0.4) is 0 Å². The van der Waals surface area contributed by atoms with Crippen molar-refractivity contribution in [2.24, 2.45) is 4.99 Å². The van der Waals surface area contributed by atoms with Crippen molar-refractivity contribution < 1.29 is 14.3 Å². The minimum absolute atomic E-state index is 0.242. The lowest BCUT2D eigenvalue weighted by molar-refractivity contribution is -0.115. The Balaban J connectivity index is 1.54. The van der Waals surface area contributed by atoms with Gasteiger partial charge in [-0.2, -0.15) is 0 Å². The molecule has 0 unspecified atom stereocenters. The minimum atomic E-state index is -0.242. The average Bonchev–Trinajstić information content (AvgIpc) is 3.14. The van der Waals surface area contributed by atoms with Gasteiger partial charge in [0.25, 0.3) is 5.91 Å². The van der Waals surface area contributed by atoms with Gasteiger partial charge in [-0.25, -0.2) is 4.99 Å². The summed E-state index contributed by atoms with van der Waals surface area (Å²) in [6.45, 7) is 2.21. The highest BCUT2D eigenvalue weighted by molar-refractivity contribution is 8.18. The Hall–Kier alpha value is -2.64. The molecule has 1 amide bonds. The van der Waals surface area contributed by atoms with Crippen LogP contribution < -0.4 is 14.8 Å². The molecule has 0 spiro atoms. The zero-order chi connectivity index (χ0) is 24.2. The summed E-state index contributed by atoms with van der Waals surface area (Å²) in [5, 5.41) is 4.93. The number of nitrogens with zero attached hydrogens (tertiary/aromatic N) is 1. The first-order chi connectivity index (χ1) is 16.3. The van der Waals surface area contributed by atoms with Crippen molar-refractivity contribution in [3.63, 3.8) is 0 Å². The molecule has 0 saturated carbocycles. The lowest BCUT2D eigenvalue weighted by atomic mass is 10.1. The molecule has 0 aliphatic carbocycles. The topological polar surface area (TPSA) is 59.9 Å². The molecule has 34 heavy (non-hydrogen) atoms. The lowest BCUT2D eigenvalue weighted by Gasteiger charge is -2.13. The van der Waals surface area contributed by atoms with E-state index in [1.165, 1.54) is 18.9 Å². The normalized spacial score (nSPS) is 15.6. The number of amides is 1. The van der Waals surface area contributed by atoms with E-state index in [0.29, 0.717) is 48.8 Å². The molecular formula is C25H19Cl3N2O3S. The summed E-state index contributed by atoms with van der Waals surface area (Å²) in [5.41, 5.74) is 3.29. The van der Waals surface area contributed by atoms with Gasteiger partial charge in [-0.3, -0.25) is 4.79 Å². The Morgan fingerprint density at radius 2 is 1.76 bits per heavy atom. The van der Waals surface area contributed by atoms with Crippen molar-refractivity contribution in [3.8, 4) is 11.5 Å². The summed E-state index contributed by atoms with van der Waals surface area (Å²) in [5.74, 6) is 0.640. The molecule has 1 saturated heterocycles. The summed E-state index contributed by atoms with van der Waals surface area (Å²) < 4.78 is 11.4. The summed E-state index contributed by atoms with van der Waals surface area (Å²) in [6, 6.07) is 16.2. The van der Waals surface area contributed by atoms with Gasteiger partial charge in [-0.05, 0) is 83.9 Å². The van der Waals surface area contributed by atoms with E-state index < -0.39 is 0 Å². The first-order valence-electron chi connectivity index (χ1n) is 10.1.